The second-order valence-electron chi connectivity index (χ2n) is 10.5. The summed E-state index contributed by atoms with van der Waals surface area (Å²) < 4.78 is 11.6. The Balaban J connectivity index is 1.55. The Morgan fingerprint density at radius 1 is 1.10 bits per heavy atom. The van der Waals surface area contributed by atoms with Crippen molar-refractivity contribution in [2.45, 2.75) is 83.7 Å². The minimum absolute atomic E-state index is 0.0900. The van der Waals surface area contributed by atoms with E-state index in [-0.39, 0.29) is 35.1 Å². The molecule has 0 saturated heterocycles. The summed E-state index contributed by atoms with van der Waals surface area (Å²) in [5.41, 5.74) is 0.609. The quantitative estimate of drug-likeness (QED) is 0.602. The van der Waals surface area contributed by atoms with Crippen LogP contribution < -0.4 is 4.74 Å². The summed E-state index contributed by atoms with van der Waals surface area (Å²) in [5.74, 6) is 1.76. The molecule has 1 aromatic carbocycles. The van der Waals surface area contributed by atoms with Crippen LogP contribution in [-0.2, 0) is 19.7 Å². The Morgan fingerprint density at radius 2 is 1.83 bits per heavy atom. The Hall–Kier alpha value is -1.84. The minimum atomic E-state index is -0.523. The molecular formula is C26H36O4. The molecule has 0 radical (unpaired) electrons. The number of hydrogen-bond acceptors (Lipinski definition) is 4. The van der Waals surface area contributed by atoms with Crippen molar-refractivity contribution in [3.63, 3.8) is 0 Å². The van der Waals surface area contributed by atoms with Crippen molar-refractivity contribution in [3.8, 4) is 5.75 Å². The summed E-state index contributed by atoms with van der Waals surface area (Å²) >= 11 is 0. The number of fused-ring (bicyclic) bond motifs is 1. The maximum atomic E-state index is 13.4. The third-order valence-corrected chi connectivity index (χ3v) is 8.46. The maximum Gasteiger partial charge on any atom is 0.313 e. The number of methoxy groups -OCH3 is 1. The van der Waals surface area contributed by atoms with Crippen molar-refractivity contribution in [1.29, 1.82) is 0 Å². The van der Waals surface area contributed by atoms with Gasteiger partial charge in [0.1, 0.15) is 17.6 Å². The zero-order valence-corrected chi connectivity index (χ0v) is 18.9. The van der Waals surface area contributed by atoms with Gasteiger partial charge >= 0.3 is 5.97 Å². The van der Waals surface area contributed by atoms with Gasteiger partial charge in [0.15, 0.2) is 0 Å². The first kappa shape index (κ1) is 21.4. The number of esters is 1. The third kappa shape index (κ3) is 3.56. The predicted octanol–water partition coefficient (Wildman–Crippen LogP) is 5.47. The summed E-state index contributed by atoms with van der Waals surface area (Å²) in [4.78, 5) is 25.8. The van der Waals surface area contributed by atoms with Crippen molar-refractivity contribution in [3.05, 3.63) is 29.8 Å². The molecule has 1 aromatic rings. The molecule has 3 aliphatic carbocycles. The van der Waals surface area contributed by atoms with Gasteiger partial charge in [-0.3, -0.25) is 9.59 Å². The van der Waals surface area contributed by atoms with E-state index in [1.807, 2.05) is 12.1 Å². The first-order valence-corrected chi connectivity index (χ1v) is 11.7. The van der Waals surface area contributed by atoms with E-state index in [1.54, 1.807) is 7.11 Å². The molecule has 0 N–H and O–H groups in total. The average molecular weight is 413 g/mol. The monoisotopic (exact) mass is 412 g/mol. The zero-order valence-electron chi connectivity index (χ0n) is 18.9. The van der Waals surface area contributed by atoms with Crippen LogP contribution in [0.1, 0.15) is 77.7 Å². The highest BCUT2D eigenvalue weighted by atomic mass is 16.5. The van der Waals surface area contributed by atoms with E-state index in [4.69, 9.17) is 9.47 Å². The van der Waals surface area contributed by atoms with Gasteiger partial charge in [0.25, 0.3) is 0 Å². The molecule has 3 fully saturated rings. The highest BCUT2D eigenvalue weighted by molar-refractivity contribution is 5.92. The van der Waals surface area contributed by atoms with E-state index in [0.717, 1.165) is 50.7 Å². The second-order valence-corrected chi connectivity index (χ2v) is 10.5. The average Bonchev–Trinajstić information content (AvgIpc) is 2.69. The van der Waals surface area contributed by atoms with Crippen molar-refractivity contribution < 1.29 is 19.1 Å². The summed E-state index contributed by atoms with van der Waals surface area (Å²) in [6, 6.07) is 8.29. The topological polar surface area (TPSA) is 52.6 Å². The molecule has 0 aromatic heterocycles. The van der Waals surface area contributed by atoms with Crippen LogP contribution in [0.4, 0.5) is 0 Å². The van der Waals surface area contributed by atoms with Crippen molar-refractivity contribution >= 4 is 11.8 Å². The van der Waals surface area contributed by atoms with Crippen LogP contribution in [0.5, 0.6) is 5.75 Å². The van der Waals surface area contributed by atoms with E-state index >= 15 is 0 Å². The van der Waals surface area contributed by atoms with Crippen molar-refractivity contribution in [2.75, 3.05) is 7.11 Å². The minimum Gasteiger partial charge on any atom is -0.497 e. The summed E-state index contributed by atoms with van der Waals surface area (Å²) in [6.07, 6.45) is 6.97. The number of benzene rings is 1. The lowest BCUT2D eigenvalue weighted by atomic mass is 9.53. The second kappa shape index (κ2) is 8.01. The molecule has 0 heterocycles. The molecule has 4 rings (SSSR count). The number of rotatable bonds is 5. The van der Waals surface area contributed by atoms with Crippen LogP contribution in [0, 0.1) is 23.2 Å². The van der Waals surface area contributed by atoms with Gasteiger partial charge in [0.05, 0.1) is 12.5 Å². The molecule has 0 bridgehead atoms. The lowest BCUT2D eigenvalue weighted by Crippen LogP contribution is -2.55. The van der Waals surface area contributed by atoms with Crippen LogP contribution in [-0.4, -0.2) is 25.0 Å². The molecule has 4 nitrogen and oxygen atoms in total. The fourth-order valence-corrected chi connectivity index (χ4v) is 6.28. The highest BCUT2D eigenvalue weighted by Gasteiger charge is 2.58. The van der Waals surface area contributed by atoms with Gasteiger partial charge in [-0.25, -0.2) is 0 Å². The van der Waals surface area contributed by atoms with Gasteiger partial charge in [0, 0.05) is 18.3 Å². The normalized spacial score (nSPS) is 33.9. The van der Waals surface area contributed by atoms with Crippen LogP contribution in [0.15, 0.2) is 24.3 Å². The Kier molecular flexibility index (Phi) is 5.71. The van der Waals surface area contributed by atoms with Crippen molar-refractivity contribution in [2.24, 2.45) is 23.2 Å². The molecule has 0 aliphatic heterocycles. The lowest BCUT2D eigenvalue weighted by Gasteiger charge is -2.51. The molecule has 3 saturated carbocycles. The number of ether oxygens (including phenoxy) is 2. The number of ketones is 1. The Morgan fingerprint density at radius 3 is 2.47 bits per heavy atom. The van der Waals surface area contributed by atoms with E-state index in [0.29, 0.717) is 12.3 Å². The first-order valence-electron chi connectivity index (χ1n) is 11.7. The van der Waals surface area contributed by atoms with Crippen LogP contribution in [0.25, 0.3) is 0 Å². The lowest BCUT2D eigenvalue weighted by molar-refractivity contribution is -0.187. The van der Waals surface area contributed by atoms with Crippen LogP contribution in [0.3, 0.4) is 0 Å². The molecule has 3 aliphatic rings. The standard InChI is InChI=1S/C26H36O4/c1-17-7-12-21(25(2,3)18-8-10-19(29-4)11-9-18)23(16-17)30-24(28)26-14-5-6-22(27)20(26)13-15-26/h8-11,17,20-21,23H,5-7,12-16H2,1-4H3/t17-,20+,21-,23-,26-/m1/s1. The van der Waals surface area contributed by atoms with Gasteiger partial charge < -0.3 is 9.47 Å². The van der Waals surface area contributed by atoms with Crippen LogP contribution in [0.2, 0.25) is 0 Å². The van der Waals surface area contributed by atoms with Gasteiger partial charge in [-0.1, -0.05) is 39.3 Å². The molecule has 4 heteroatoms. The molecule has 5 atom stereocenters. The number of Topliss-reactive ketones (excluding diaryl/α,β-unsaturated/α-hetero) is 1. The Bertz CT molecular complexity index is 796. The number of carbonyl (C=O) groups excluding carboxylic acids is 2. The van der Waals surface area contributed by atoms with E-state index in [9.17, 15) is 9.59 Å². The summed E-state index contributed by atoms with van der Waals surface area (Å²) in [5, 5.41) is 0. The molecule has 0 spiro atoms. The third-order valence-electron chi connectivity index (χ3n) is 8.46. The number of hydrogen-bond donors (Lipinski definition) is 0. The largest absolute Gasteiger partial charge is 0.497 e. The van der Waals surface area contributed by atoms with Crippen LogP contribution >= 0.6 is 0 Å². The highest BCUT2D eigenvalue weighted by Crippen LogP contribution is 2.55. The molecular weight excluding hydrogens is 376 g/mol. The van der Waals surface area contributed by atoms with Crippen molar-refractivity contribution in [1.82, 2.24) is 0 Å². The maximum absolute atomic E-state index is 13.4. The summed E-state index contributed by atoms with van der Waals surface area (Å²) in [7, 11) is 1.68. The van der Waals surface area contributed by atoms with Gasteiger partial charge in [0.2, 0.25) is 0 Å². The zero-order chi connectivity index (χ0) is 21.5. The predicted molar refractivity (Wildman–Crippen MR) is 116 cm³/mol. The van der Waals surface area contributed by atoms with E-state index in [2.05, 4.69) is 32.9 Å². The molecule has 0 unspecified atom stereocenters. The summed E-state index contributed by atoms with van der Waals surface area (Å²) in [6.45, 7) is 6.79. The fourth-order valence-electron chi connectivity index (χ4n) is 6.28. The fraction of sp³-hybridized carbons (Fsp3) is 0.692. The van der Waals surface area contributed by atoms with Gasteiger partial charge in [-0.05, 0) is 67.6 Å². The first-order chi connectivity index (χ1) is 14.3. The smallest absolute Gasteiger partial charge is 0.313 e. The van der Waals surface area contributed by atoms with E-state index < -0.39 is 5.41 Å². The van der Waals surface area contributed by atoms with Gasteiger partial charge in [-0.15, -0.1) is 0 Å². The molecule has 0 amide bonds. The van der Waals surface area contributed by atoms with E-state index in [1.165, 1.54) is 5.56 Å². The molecule has 164 valence electrons. The number of carbonyl (C=O) groups is 2. The molecule has 30 heavy (non-hydrogen) atoms. The van der Waals surface area contributed by atoms with Gasteiger partial charge in [-0.2, -0.15) is 0 Å². The Labute approximate surface area is 180 Å². The SMILES string of the molecule is COc1ccc(C(C)(C)[C@@H]2CC[C@@H](C)C[C@H]2OC(=O)[C@@]23CCCC(=O)[C@@H]2CC3)cc1.